The van der Waals surface area contributed by atoms with Gasteiger partial charge in [0.05, 0.1) is 5.56 Å². The van der Waals surface area contributed by atoms with Crippen LogP contribution in [0, 0.1) is 5.82 Å². The average molecular weight is 283 g/mol. The maximum Gasteiger partial charge on any atom is 0.416 e. The number of alkyl halides is 3. The molecule has 20 heavy (non-hydrogen) atoms. The Bertz CT molecular complexity index is 600. The third-order valence-electron chi connectivity index (χ3n) is 2.96. The van der Waals surface area contributed by atoms with Crippen molar-refractivity contribution in [3.05, 3.63) is 53.8 Å². The van der Waals surface area contributed by atoms with E-state index < -0.39 is 17.6 Å². The van der Waals surface area contributed by atoms with Crippen molar-refractivity contribution >= 4 is 5.69 Å². The molecule has 0 bridgehead atoms. The van der Waals surface area contributed by atoms with Crippen molar-refractivity contribution in [2.75, 3.05) is 19.0 Å². The molecule has 0 aliphatic carbocycles. The van der Waals surface area contributed by atoms with Crippen LogP contribution in [0.4, 0.5) is 23.2 Å². The molecule has 0 aromatic heterocycles. The van der Waals surface area contributed by atoms with Gasteiger partial charge in [-0.05, 0) is 35.9 Å². The van der Waals surface area contributed by atoms with E-state index in [2.05, 4.69) is 0 Å². The van der Waals surface area contributed by atoms with Crippen LogP contribution in [-0.4, -0.2) is 14.1 Å². The fraction of sp³-hybridized carbons (Fsp3) is 0.200. The van der Waals surface area contributed by atoms with Crippen LogP contribution in [-0.2, 0) is 6.18 Å². The Labute approximate surface area is 114 Å². The number of hydrogen-bond acceptors (Lipinski definition) is 1. The van der Waals surface area contributed by atoms with Crippen LogP contribution in [0.3, 0.4) is 0 Å². The second-order valence-electron chi connectivity index (χ2n) is 4.63. The van der Waals surface area contributed by atoms with E-state index in [1.54, 1.807) is 25.1 Å². The van der Waals surface area contributed by atoms with Gasteiger partial charge in [-0.1, -0.05) is 12.1 Å². The normalized spacial score (nSPS) is 11.5. The van der Waals surface area contributed by atoms with E-state index in [0.29, 0.717) is 11.1 Å². The summed E-state index contributed by atoms with van der Waals surface area (Å²) >= 11 is 0. The Morgan fingerprint density at radius 3 is 2.00 bits per heavy atom. The highest BCUT2D eigenvalue weighted by atomic mass is 19.4. The summed E-state index contributed by atoms with van der Waals surface area (Å²) in [7, 11) is 3.58. The Morgan fingerprint density at radius 1 is 0.900 bits per heavy atom. The van der Waals surface area contributed by atoms with E-state index in [9.17, 15) is 17.6 Å². The molecule has 0 unspecified atom stereocenters. The predicted octanol–water partition coefficient (Wildman–Crippen LogP) is 4.58. The van der Waals surface area contributed by atoms with Crippen molar-refractivity contribution in [1.29, 1.82) is 0 Å². The molecular weight excluding hydrogens is 270 g/mol. The minimum Gasteiger partial charge on any atom is -0.377 e. The van der Waals surface area contributed by atoms with Gasteiger partial charge in [-0.2, -0.15) is 13.2 Å². The van der Waals surface area contributed by atoms with Gasteiger partial charge in [-0.25, -0.2) is 4.39 Å². The van der Waals surface area contributed by atoms with Crippen LogP contribution in [0.5, 0.6) is 0 Å². The highest BCUT2D eigenvalue weighted by Gasteiger charge is 2.30. The van der Waals surface area contributed by atoms with Gasteiger partial charge in [-0.15, -0.1) is 0 Å². The molecule has 0 saturated carbocycles. The van der Waals surface area contributed by atoms with Crippen LogP contribution >= 0.6 is 0 Å². The molecule has 0 spiro atoms. The van der Waals surface area contributed by atoms with E-state index in [4.69, 9.17) is 0 Å². The maximum absolute atomic E-state index is 13.4. The standard InChI is InChI=1S/C15H13F4N/c1-20(2)14-8-7-12(16)9-13(14)10-3-5-11(6-4-10)15(17,18)19/h3-9H,1-2H3. The van der Waals surface area contributed by atoms with E-state index in [1.165, 1.54) is 24.3 Å². The molecule has 0 aliphatic rings. The molecule has 0 fully saturated rings. The zero-order valence-corrected chi connectivity index (χ0v) is 11.0. The maximum atomic E-state index is 13.4. The van der Waals surface area contributed by atoms with Gasteiger partial charge < -0.3 is 4.90 Å². The van der Waals surface area contributed by atoms with Crippen LogP contribution in [0.25, 0.3) is 11.1 Å². The quantitative estimate of drug-likeness (QED) is 0.729. The summed E-state index contributed by atoms with van der Waals surface area (Å²) in [6.45, 7) is 0. The van der Waals surface area contributed by atoms with E-state index >= 15 is 0 Å². The van der Waals surface area contributed by atoms with E-state index in [1.807, 2.05) is 0 Å². The number of anilines is 1. The summed E-state index contributed by atoms with van der Waals surface area (Å²) in [6, 6.07) is 8.94. The first-order valence-electron chi connectivity index (χ1n) is 5.93. The molecule has 0 heterocycles. The zero-order valence-electron chi connectivity index (χ0n) is 11.0. The summed E-state index contributed by atoms with van der Waals surface area (Å²) in [5.74, 6) is -0.425. The van der Waals surface area contributed by atoms with Crippen molar-refractivity contribution in [3.8, 4) is 11.1 Å². The molecule has 0 N–H and O–H groups in total. The summed E-state index contributed by atoms with van der Waals surface area (Å²) < 4.78 is 50.9. The van der Waals surface area contributed by atoms with Gasteiger partial charge in [0.1, 0.15) is 5.82 Å². The third kappa shape index (κ3) is 2.92. The van der Waals surface area contributed by atoms with Crippen molar-refractivity contribution in [2.24, 2.45) is 0 Å². The van der Waals surface area contributed by atoms with Crippen LogP contribution < -0.4 is 4.90 Å². The number of benzene rings is 2. The molecule has 0 saturated heterocycles. The van der Waals surface area contributed by atoms with Gasteiger partial charge in [0.25, 0.3) is 0 Å². The zero-order chi connectivity index (χ0) is 14.9. The summed E-state index contributed by atoms with van der Waals surface area (Å²) in [5, 5.41) is 0. The van der Waals surface area contributed by atoms with Crippen LogP contribution in [0.1, 0.15) is 5.56 Å². The van der Waals surface area contributed by atoms with Crippen molar-refractivity contribution in [3.63, 3.8) is 0 Å². The molecule has 106 valence electrons. The SMILES string of the molecule is CN(C)c1ccc(F)cc1-c1ccc(C(F)(F)F)cc1. The minimum atomic E-state index is -4.37. The highest BCUT2D eigenvalue weighted by molar-refractivity contribution is 5.78. The van der Waals surface area contributed by atoms with Gasteiger partial charge in [0.2, 0.25) is 0 Å². The lowest BCUT2D eigenvalue weighted by Crippen LogP contribution is -2.10. The third-order valence-corrected chi connectivity index (χ3v) is 2.96. The summed E-state index contributed by atoms with van der Waals surface area (Å²) in [4.78, 5) is 1.78. The first kappa shape index (κ1) is 14.4. The lowest BCUT2D eigenvalue weighted by Gasteiger charge is -2.18. The Balaban J connectivity index is 2.49. The Morgan fingerprint density at radius 2 is 1.50 bits per heavy atom. The Hall–Kier alpha value is -2.04. The largest absolute Gasteiger partial charge is 0.416 e. The molecule has 0 amide bonds. The number of halogens is 4. The van der Waals surface area contributed by atoms with Crippen molar-refractivity contribution < 1.29 is 17.6 Å². The van der Waals surface area contributed by atoms with Gasteiger partial charge >= 0.3 is 6.18 Å². The number of hydrogen-bond donors (Lipinski definition) is 0. The van der Waals surface area contributed by atoms with E-state index in [-0.39, 0.29) is 0 Å². The van der Waals surface area contributed by atoms with Gasteiger partial charge in [0.15, 0.2) is 0 Å². The van der Waals surface area contributed by atoms with Crippen molar-refractivity contribution in [1.82, 2.24) is 0 Å². The fourth-order valence-corrected chi connectivity index (χ4v) is 1.97. The number of nitrogens with zero attached hydrogens (tertiary/aromatic N) is 1. The Kier molecular flexibility index (Phi) is 3.70. The average Bonchev–Trinajstić information content (AvgIpc) is 2.37. The molecule has 0 aliphatic heterocycles. The summed E-state index contributed by atoms with van der Waals surface area (Å²) in [5.41, 5.74) is 1.13. The molecule has 0 atom stereocenters. The summed E-state index contributed by atoms with van der Waals surface area (Å²) in [6.07, 6.45) is -4.37. The second-order valence-corrected chi connectivity index (χ2v) is 4.63. The first-order valence-corrected chi connectivity index (χ1v) is 5.93. The second kappa shape index (κ2) is 5.15. The van der Waals surface area contributed by atoms with Gasteiger partial charge in [-0.3, -0.25) is 0 Å². The molecule has 2 rings (SSSR count). The van der Waals surface area contributed by atoms with Crippen LogP contribution in [0.2, 0.25) is 0 Å². The predicted molar refractivity (Wildman–Crippen MR) is 71.2 cm³/mol. The van der Waals surface area contributed by atoms with Crippen LogP contribution in [0.15, 0.2) is 42.5 Å². The fourth-order valence-electron chi connectivity index (χ4n) is 1.97. The molecule has 1 nitrogen and oxygen atoms in total. The molecular formula is C15H13F4N. The topological polar surface area (TPSA) is 3.24 Å². The smallest absolute Gasteiger partial charge is 0.377 e. The van der Waals surface area contributed by atoms with E-state index in [0.717, 1.165) is 17.8 Å². The minimum absolute atomic E-state index is 0.425. The molecule has 0 radical (unpaired) electrons. The monoisotopic (exact) mass is 283 g/mol. The van der Waals surface area contributed by atoms with Crippen molar-refractivity contribution in [2.45, 2.75) is 6.18 Å². The van der Waals surface area contributed by atoms with Gasteiger partial charge in [0, 0.05) is 25.3 Å². The molecule has 2 aromatic rings. The molecule has 2 aromatic carbocycles. The lowest BCUT2D eigenvalue weighted by molar-refractivity contribution is -0.137. The molecule has 5 heteroatoms. The highest BCUT2D eigenvalue weighted by Crippen LogP contribution is 2.34. The lowest BCUT2D eigenvalue weighted by atomic mass is 10.0. The number of rotatable bonds is 2. The first-order chi connectivity index (χ1) is 9.29.